The molecule has 17 heavy (non-hydrogen) atoms. The fourth-order valence-electron chi connectivity index (χ4n) is 1.64. The minimum absolute atomic E-state index is 0.190. The van der Waals surface area contributed by atoms with Crippen molar-refractivity contribution in [1.29, 1.82) is 0 Å². The number of halogens is 1. The Labute approximate surface area is 103 Å². The first kappa shape index (κ1) is 14.0. The molecule has 0 aromatic heterocycles. The second-order valence-corrected chi connectivity index (χ2v) is 4.63. The van der Waals surface area contributed by atoms with E-state index in [1.54, 1.807) is 19.1 Å². The van der Waals surface area contributed by atoms with Crippen LogP contribution in [0.25, 0.3) is 0 Å². The lowest BCUT2D eigenvalue weighted by molar-refractivity contribution is 0.232. The van der Waals surface area contributed by atoms with Gasteiger partial charge in [0.05, 0.1) is 0 Å². The molecule has 0 aliphatic rings. The zero-order valence-corrected chi connectivity index (χ0v) is 11.1. The maximum absolute atomic E-state index is 13.1. The molecule has 1 aromatic carbocycles. The van der Waals surface area contributed by atoms with Crippen LogP contribution in [-0.4, -0.2) is 19.2 Å². The van der Waals surface area contributed by atoms with Crippen LogP contribution in [0.4, 0.5) is 4.39 Å². The zero-order valence-electron chi connectivity index (χ0n) is 11.1. The molecule has 0 bridgehead atoms. The quantitative estimate of drug-likeness (QED) is 0.823. The number of hydrogen-bond acceptors (Lipinski definition) is 2. The Morgan fingerprint density at radius 1 is 1.35 bits per heavy atom. The highest BCUT2D eigenvalue weighted by Crippen LogP contribution is 2.16. The first-order valence-corrected chi connectivity index (χ1v) is 6.17. The van der Waals surface area contributed by atoms with Crippen LogP contribution >= 0.6 is 0 Å². The number of benzene rings is 1. The normalized spacial score (nSPS) is 12.8. The van der Waals surface area contributed by atoms with Crippen LogP contribution in [0.2, 0.25) is 0 Å². The molecule has 0 fully saturated rings. The Morgan fingerprint density at radius 2 is 2.06 bits per heavy atom. The lowest BCUT2D eigenvalue weighted by Gasteiger charge is -2.22. The highest BCUT2D eigenvalue weighted by atomic mass is 19.1. The van der Waals surface area contributed by atoms with E-state index in [2.05, 4.69) is 26.1 Å². The van der Waals surface area contributed by atoms with Gasteiger partial charge in [0.15, 0.2) is 0 Å². The van der Waals surface area contributed by atoms with Crippen LogP contribution in [-0.2, 0) is 0 Å². The van der Waals surface area contributed by atoms with E-state index in [9.17, 15) is 4.39 Å². The summed E-state index contributed by atoms with van der Waals surface area (Å²) in [7, 11) is 0. The van der Waals surface area contributed by atoms with Crippen LogP contribution in [0.15, 0.2) is 18.2 Å². The summed E-state index contributed by atoms with van der Waals surface area (Å²) >= 11 is 0. The molecule has 0 aliphatic carbocycles. The van der Waals surface area contributed by atoms with E-state index in [1.807, 2.05) is 0 Å². The third-order valence-corrected chi connectivity index (χ3v) is 2.83. The van der Waals surface area contributed by atoms with Crippen LogP contribution in [0.3, 0.4) is 0 Å². The first-order chi connectivity index (χ1) is 8.04. The largest absolute Gasteiger partial charge is 0.492 e. The van der Waals surface area contributed by atoms with Gasteiger partial charge in [-0.2, -0.15) is 0 Å². The Hall–Kier alpha value is -1.09. The Bertz CT molecular complexity index is 352. The summed E-state index contributed by atoms with van der Waals surface area (Å²) in [5, 5.41) is 3.38. The molecule has 0 amide bonds. The molecule has 1 atom stereocenters. The van der Waals surface area contributed by atoms with Gasteiger partial charge in [-0.05, 0) is 43.1 Å². The van der Waals surface area contributed by atoms with Crippen molar-refractivity contribution in [2.45, 2.75) is 33.7 Å². The van der Waals surface area contributed by atoms with Gasteiger partial charge in [0.25, 0.3) is 0 Å². The van der Waals surface area contributed by atoms with Gasteiger partial charge in [-0.25, -0.2) is 4.39 Å². The minimum atomic E-state index is -0.190. The number of rotatable bonds is 6. The van der Waals surface area contributed by atoms with E-state index in [0.29, 0.717) is 24.1 Å². The van der Waals surface area contributed by atoms with Crippen molar-refractivity contribution in [3.8, 4) is 5.75 Å². The standard InChI is InChI=1S/C14H22FNO/c1-5-16-14(10(2)3)9-17-12-6-7-13(15)11(4)8-12/h6-8,10,14,16H,5,9H2,1-4H3. The molecule has 0 heterocycles. The molecule has 0 radical (unpaired) electrons. The Kier molecular flexibility index (Phi) is 5.42. The van der Waals surface area contributed by atoms with Crippen LogP contribution in [0.1, 0.15) is 26.3 Å². The summed E-state index contributed by atoms with van der Waals surface area (Å²) in [6.07, 6.45) is 0. The third kappa shape index (κ3) is 4.35. The Morgan fingerprint density at radius 3 is 2.59 bits per heavy atom. The van der Waals surface area contributed by atoms with Crippen LogP contribution < -0.4 is 10.1 Å². The number of hydrogen-bond donors (Lipinski definition) is 1. The van der Waals surface area contributed by atoms with Crippen molar-refractivity contribution in [2.24, 2.45) is 5.92 Å². The first-order valence-electron chi connectivity index (χ1n) is 6.17. The van der Waals surface area contributed by atoms with Gasteiger partial charge >= 0.3 is 0 Å². The van der Waals surface area contributed by atoms with E-state index in [0.717, 1.165) is 12.3 Å². The molecule has 0 saturated carbocycles. The molecule has 1 N–H and O–H groups in total. The maximum Gasteiger partial charge on any atom is 0.126 e. The SMILES string of the molecule is CCNC(COc1ccc(F)c(C)c1)C(C)C. The van der Waals surface area contributed by atoms with Crippen molar-refractivity contribution in [2.75, 3.05) is 13.2 Å². The van der Waals surface area contributed by atoms with Crippen molar-refractivity contribution < 1.29 is 9.13 Å². The summed E-state index contributed by atoms with van der Waals surface area (Å²) in [4.78, 5) is 0. The highest BCUT2D eigenvalue weighted by molar-refractivity contribution is 5.28. The van der Waals surface area contributed by atoms with Gasteiger partial charge in [-0.15, -0.1) is 0 Å². The predicted molar refractivity (Wildman–Crippen MR) is 68.9 cm³/mol. The summed E-state index contributed by atoms with van der Waals surface area (Å²) in [5.41, 5.74) is 0.618. The van der Waals surface area contributed by atoms with Crippen molar-refractivity contribution >= 4 is 0 Å². The molecular weight excluding hydrogens is 217 g/mol. The van der Waals surface area contributed by atoms with Gasteiger partial charge in [0.1, 0.15) is 18.2 Å². The van der Waals surface area contributed by atoms with E-state index in [1.165, 1.54) is 6.07 Å². The number of ether oxygens (including phenoxy) is 1. The van der Waals surface area contributed by atoms with Gasteiger partial charge in [0, 0.05) is 6.04 Å². The summed E-state index contributed by atoms with van der Waals surface area (Å²) in [6.45, 7) is 9.67. The lowest BCUT2D eigenvalue weighted by atomic mass is 10.1. The van der Waals surface area contributed by atoms with Gasteiger partial charge in [-0.3, -0.25) is 0 Å². The molecule has 0 aliphatic heterocycles. The molecule has 96 valence electrons. The number of nitrogens with one attached hydrogen (secondary N) is 1. The highest BCUT2D eigenvalue weighted by Gasteiger charge is 2.12. The number of likely N-dealkylation sites (N-methyl/N-ethyl adjacent to an activating group) is 1. The molecule has 1 aromatic rings. The molecule has 3 heteroatoms. The average molecular weight is 239 g/mol. The van der Waals surface area contributed by atoms with Crippen LogP contribution in [0.5, 0.6) is 5.75 Å². The van der Waals surface area contributed by atoms with Crippen molar-refractivity contribution in [1.82, 2.24) is 5.32 Å². The van der Waals surface area contributed by atoms with E-state index >= 15 is 0 Å². The molecule has 1 unspecified atom stereocenters. The molecule has 1 rings (SSSR count). The van der Waals surface area contributed by atoms with E-state index < -0.39 is 0 Å². The van der Waals surface area contributed by atoms with Crippen LogP contribution in [0, 0.1) is 18.7 Å². The third-order valence-electron chi connectivity index (χ3n) is 2.83. The summed E-state index contributed by atoms with van der Waals surface area (Å²) in [6, 6.07) is 5.18. The summed E-state index contributed by atoms with van der Waals surface area (Å²) < 4.78 is 18.8. The topological polar surface area (TPSA) is 21.3 Å². The predicted octanol–water partition coefficient (Wildman–Crippen LogP) is 3.15. The Balaban J connectivity index is 2.56. The molecular formula is C14H22FNO. The second kappa shape index (κ2) is 6.60. The molecule has 0 spiro atoms. The number of aryl methyl sites for hydroxylation is 1. The van der Waals surface area contributed by atoms with Gasteiger partial charge < -0.3 is 10.1 Å². The second-order valence-electron chi connectivity index (χ2n) is 4.63. The monoisotopic (exact) mass is 239 g/mol. The minimum Gasteiger partial charge on any atom is -0.492 e. The van der Waals surface area contributed by atoms with E-state index in [-0.39, 0.29) is 5.82 Å². The zero-order chi connectivity index (χ0) is 12.8. The summed E-state index contributed by atoms with van der Waals surface area (Å²) in [5.74, 6) is 1.05. The fraction of sp³-hybridized carbons (Fsp3) is 0.571. The molecule has 2 nitrogen and oxygen atoms in total. The van der Waals surface area contributed by atoms with Gasteiger partial charge in [0.2, 0.25) is 0 Å². The van der Waals surface area contributed by atoms with Crippen molar-refractivity contribution in [3.63, 3.8) is 0 Å². The lowest BCUT2D eigenvalue weighted by Crippen LogP contribution is -2.38. The molecule has 0 saturated heterocycles. The van der Waals surface area contributed by atoms with Gasteiger partial charge in [-0.1, -0.05) is 20.8 Å². The maximum atomic E-state index is 13.1. The average Bonchev–Trinajstić information content (AvgIpc) is 2.28. The fourth-order valence-corrected chi connectivity index (χ4v) is 1.64. The van der Waals surface area contributed by atoms with Crippen molar-refractivity contribution in [3.05, 3.63) is 29.6 Å². The smallest absolute Gasteiger partial charge is 0.126 e. The van der Waals surface area contributed by atoms with E-state index in [4.69, 9.17) is 4.74 Å².